The highest BCUT2D eigenvalue weighted by Crippen LogP contribution is 2.38. The van der Waals surface area contributed by atoms with Crippen LogP contribution in [0, 0.1) is 16.0 Å². The molecule has 1 N–H and O–H groups in total. The SMILES string of the molecule is CC1CC1Nc1c(Cl)cccc1[N+](=O)[O-]. The third kappa shape index (κ3) is 2.04. The van der Waals surface area contributed by atoms with Gasteiger partial charge in [0.15, 0.2) is 0 Å². The summed E-state index contributed by atoms with van der Waals surface area (Å²) in [7, 11) is 0. The Kier molecular flexibility index (Phi) is 2.52. The Morgan fingerprint density at radius 1 is 1.60 bits per heavy atom. The number of nitro benzene ring substituents is 1. The fraction of sp³-hybridized carbons (Fsp3) is 0.400. The molecule has 2 unspecified atom stereocenters. The second-order valence-corrected chi connectivity index (χ2v) is 4.26. The van der Waals surface area contributed by atoms with Gasteiger partial charge in [0.05, 0.1) is 9.95 Å². The van der Waals surface area contributed by atoms with E-state index in [2.05, 4.69) is 12.2 Å². The van der Waals surface area contributed by atoms with Gasteiger partial charge in [-0.2, -0.15) is 0 Å². The Morgan fingerprint density at radius 3 is 2.80 bits per heavy atom. The van der Waals surface area contributed by atoms with Crippen LogP contribution in [0.1, 0.15) is 13.3 Å². The van der Waals surface area contributed by atoms with Crippen LogP contribution in [0.25, 0.3) is 0 Å². The van der Waals surface area contributed by atoms with Gasteiger partial charge < -0.3 is 5.32 Å². The molecule has 5 heteroatoms. The number of halogens is 1. The zero-order valence-electron chi connectivity index (χ0n) is 8.24. The molecule has 4 nitrogen and oxygen atoms in total. The molecular formula is C10H11ClN2O2. The highest BCUT2D eigenvalue weighted by molar-refractivity contribution is 6.33. The van der Waals surface area contributed by atoms with Crippen molar-refractivity contribution in [2.24, 2.45) is 5.92 Å². The lowest BCUT2D eigenvalue weighted by molar-refractivity contribution is -0.384. The highest BCUT2D eigenvalue weighted by atomic mass is 35.5. The van der Waals surface area contributed by atoms with E-state index in [4.69, 9.17) is 11.6 Å². The maximum Gasteiger partial charge on any atom is 0.293 e. The molecule has 1 saturated carbocycles. The van der Waals surface area contributed by atoms with Crippen LogP contribution >= 0.6 is 11.6 Å². The quantitative estimate of drug-likeness (QED) is 0.637. The zero-order chi connectivity index (χ0) is 11.0. The number of anilines is 1. The summed E-state index contributed by atoms with van der Waals surface area (Å²) in [6.45, 7) is 2.10. The minimum atomic E-state index is -0.415. The Bertz CT molecular complexity index is 408. The number of benzene rings is 1. The van der Waals surface area contributed by atoms with Gasteiger partial charge in [0.25, 0.3) is 5.69 Å². The predicted molar refractivity (Wildman–Crippen MR) is 59.3 cm³/mol. The van der Waals surface area contributed by atoms with E-state index in [9.17, 15) is 10.1 Å². The van der Waals surface area contributed by atoms with Gasteiger partial charge in [-0.05, 0) is 18.4 Å². The van der Waals surface area contributed by atoms with E-state index in [1.54, 1.807) is 12.1 Å². The number of rotatable bonds is 3. The maximum absolute atomic E-state index is 10.8. The molecule has 2 atom stereocenters. The van der Waals surface area contributed by atoms with Crippen LogP contribution in [-0.4, -0.2) is 11.0 Å². The van der Waals surface area contributed by atoms with E-state index in [-0.39, 0.29) is 5.69 Å². The number of hydrogen-bond acceptors (Lipinski definition) is 3. The van der Waals surface area contributed by atoms with Crippen LogP contribution in [0.15, 0.2) is 18.2 Å². The minimum absolute atomic E-state index is 0.0431. The molecule has 1 fully saturated rings. The molecular weight excluding hydrogens is 216 g/mol. The molecule has 1 aromatic carbocycles. The molecule has 1 aromatic rings. The molecule has 1 aliphatic carbocycles. The first-order chi connectivity index (χ1) is 7.09. The van der Waals surface area contributed by atoms with Crippen molar-refractivity contribution < 1.29 is 4.92 Å². The van der Waals surface area contributed by atoms with Crippen molar-refractivity contribution in [2.45, 2.75) is 19.4 Å². The van der Waals surface area contributed by atoms with E-state index < -0.39 is 4.92 Å². The Labute approximate surface area is 92.4 Å². The number of nitro groups is 1. The Morgan fingerprint density at radius 2 is 2.27 bits per heavy atom. The van der Waals surface area contributed by atoms with Gasteiger partial charge in [0, 0.05) is 12.1 Å². The topological polar surface area (TPSA) is 55.2 Å². The van der Waals surface area contributed by atoms with Crippen molar-refractivity contribution in [2.75, 3.05) is 5.32 Å². The Hall–Kier alpha value is -1.29. The minimum Gasteiger partial charge on any atom is -0.375 e. The van der Waals surface area contributed by atoms with Crippen molar-refractivity contribution in [3.05, 3.63) is 33.3 Å². The first-order valence-corrected chi connectivity index (χ1v) is 5.17. The molecule has 15 heavy (non-hydrogen) atoms. The summed E-state index contributed by atoms with van der Waals surface area (Å²) in [5.74, 6) is 0.570. The lowest BCUT2D eigenvalue weighted by atomic mass is 10.2. The lowest BCUT2D eigenvalue weighted by Gasteiger charge is -2.07. The van der Waals surface area contributed by atoms with Crippen LogP contribution in [-0.2, 0) is 0 Å². The number of para-hydroxylation sites is 1. The van der Waals surface area contributed by atoms with E-state index >= 15 is 0 Å². The standard InChI is InChI=1S/C10H11ClN2O2/c1-6-5-8(6)12-10-7(11)3-2-4-9(10)13(14)15/h2-4,6,8,12H,5H2,1H3. The molecule has 2 rings (SSSR count). The van der Waals surface area contributed by atoms with E-state index in [1.165, 1.54) is 6.07 Å². The largest absolute Gasteiger partial charge is 0.375 e. The second kappa shape index (κ2) is 3.70. The van der Waals surface area contributed by atoms with Crippen molar-refractivity contribution >= 4 is 23.0 Å². The molecule has 1 aliphatic rings. The number of nitrogens with one attached hydrogen (secondary N) is 1. The van der Waals surface area contributed by atoms with Gasteiger partial charge in [-0.15, -0.1) is 0 Å². The highest BCUT2D eigenvalue weighted by Gasteiger charge is 2.34. The van der Waals surface area contributed by atoms with E-state index in [1.807, 2.05) is 0 Å². The second-order valence-electron chi connectivity index (χ2n) is 3.85. The first kappa shape index (κ1) is 10.2. The summed E-state index contributed by atoms with van der Waals surface area (Å²) in [4.78, 5) is 10.3. The summed E-state index contributed by atoms with van der Waals surface area (Å²) in [5.41, 5.74) is 0.486. The van der Waals surface area contributed by atoms with E-state index in [0.717, 1.165) is 6.42 Å². The number of nitrogens with zero attached hydrogens (tertiary/aromatic N) is 1. The molecule has 0 bridgehead atoms. The average Bonchev–Trinajstić information content (AvgIpc) is 2.85. The molecule has 0 spiro atoms. The summed E-state index contributed by atoms with van der Waals surface area (Å²) in [5, 5.41) is 14.3. The van der Waals surface area contributed by atoms with Crippen molar-refractivity contribution in [1.82, 2.24) is 0 Å². The monoisotopic (exact) mass is 226 g/mol. The van der Waals surface area contributed by atoms with Gasteiger partial charge in [-0.25, -0.2) is 0 Å². The van der Waals surface area contributed by atoms with Crippen LogP contribution in [0.2, 0.25) is 5.02 Å². The van der Waals surface area contributed by atoms with Gasteiger partial charge >= 0.3 is 0 Å². The van der Waals surface area contributed by atoms with Crippen molar-refractivity contribution in [1.29, 1.82) is 0 Å². The molecule has 0 aromatic heterocycles. The third-order valence-electron chi connectivity index (χ3n) is 2.63. The predicted octanol–water partition coefficient (Wildman–Crippen LogP) is 3.07. The van der Waals surface area contributed by atoms with Crippen LogP contribution < -0.4 is 5.32 Å². The molecule has 0 aliphatic heterocycles. The summed E-state index contributed by atoms with van der Waals surface area (Å²) >= 11 is 5.93. The molecule has 0 radical (unpaired) electrons. The summed E-state index contributed by atoms with van der Waals surface area (Å²) < 4.78 is 0. The smallest absolute Gasteiger partial charge is 0.293 e. The van der Waals surface area contributed by atoms with Gasteiger partial charge in [-0.3, -0.25) is 10.1 Å². The molecule has 0 heterocycles. The van der Waals surface area contributed by atoms with Gasteiger partial charge in [-0.1, -0.05) is 24.6 Å². The Balaban J connectivity index is 2.30. The van der Waals surface area contributed by atoms with Gasteiger partial charge in [0.2, 0.25) is 0 Å². The maximum atomic E-state index is 10.8. The third-order valence-corrected chi connectivity index (χ3v) is 2.94. The van der Waals surface area contributed by atoms with E-state index in [0.29, 0.717) is 22.7 Å². The fourth-order valence-electron chi connectivity index (χ4n) is 1.52. The van der Waals surface area contributed by atoms with Crippen molar-refractivity contribution in [3.63, 3.8) is 0 Å². The van der Waals surface area contributed by atoms with Crippen LogP contribution in [0.4, 0.5) is 11.4 Å². The zero-order valence-corrected chi connectivity index (χ0v) is 8.99. The average molecular weight is 227 g/mol. The van der Waals surface area contributed by atoms with Crippen molar-refractivity contribution in [3.8, 4) is 0 Å². The fourth-order valence-corrected chi connectivity index (χ4v) is 1.74. The van der Waals surface area contributed by atoms with Crippen LogP contribution in [0.3, 0.4) is 0 Å². The molecule has 0 saturated heterocycles. The molecule has 0 amide bonds. The lowest BCUT2D eigenvalue weighted by Crippen LogP contribution is -2.06. The normalized spacial score (nSPS) is 23.6. The summed E-state index contributed by atoms with van der Waals surface area (Å²) in [6, 6.07) is 5.02. The van der Waals surface area contributed by atoms with Gasteiger partial charge in [0.1, 0.15) is 5.69 Å². The summed E-state index contributed by atoms with van der Waals surface area (Å²) in [6.07, 6.45) is 1.04. The molecule has 80 valence electrons. The number of hydrogen-bond donors (Lipinski definition) is 1. The van der Waals surface area contributed by atoms with Crippen LogP contribution in [0.5, 0.6) is 0 Å². The first-order valence-electron chi connectivity index (χ1n) is 4.79.